The van der Waals surface area contributed by atoms with Crippen molar-refractivity contribution in [1.29, 1.82) is 0 Å². The molecule has 0 saturated heterocycles. The molecule has 5 heterocycles. The van der Waals surface area contributed by atoms with Gasteiger partial charge < -0.3 is 4.42 Å². The van der Waals surface area contributed by atoms with Gasteiger partial charge >= 0.3 is 0 Å². The van der Waals surface area contributed by atoms with Crippen LogP contribution >= 0.6 is 0 Å². The summed E-state index contributed by atoms with van der Waals surface area (Å²) in [6, 6.07) is 20.5. The second-order valence-corrected chi connectivity index (χ2v) is 21.7. The van der Waals surface area contributed by atoms with Crippen molar-refractivity contribution >= 4 is 41.0 Å². The third-order valence-electron chi connectivity index (χ3n) is 12.2. The molecule has 0 N–H and O–H groups in total. The van der Waals surface area contributed by atoms with Crippen molar-refractivity contribution in [1.82, 2.24) is 4.98 Å². The molecule has 0 spiro atoms. The van der Waals surface area contributed by atoms with Crippen LogP contribution in [0.2, 0.25) is 19.6 Å². The minimum atomic E-state index is -1.67. The van der Waals surface area contributed by atoms with Gasteiger partial charge in [0.25, 0.3) is 0 Å². The molecule has 5 heteroatoms. The SMILES string of the molecule is C=C/C1=N/C(=C)C2C(CCc3ccc4c(oc5nc(C(C)C(C)C)ccc54)c31)c1ccccc1-c1cc(CC3CCCC3)c([Si](C)(C)C)c[n+]12. The van der Waals surface area contributed by atoms with Gasteiger partial charge in [-0.2, -0.15) is 4.57 Å². The summed E-state index contributed by atoms with van der Waals surface area (Å²) < 4.78 is 9.28. The maximum absolute atomic E-state index is 6.71. The lowest BCUT2D eigenvalue weighted by Gasteiger charge is -2.32. The molecule has 0 amide bonds. The second kappa shape index (κ2) is 12.6. The number of aryl methyl sites for hydroxylation is 1. The van der Waals surface area contributed by atoms with Crippen molar-refractivity contribution < 1.29 is 8.98 Å². The summed E-state index contributed by atoms with van der Waals surface area (Å²) in [6.07, 6.45) is 13.0. The number of furan rings is 1. The Bertz CT molecular complexity index is 2190. The van der Waals surface area contributed by atoms with E-state index in [1.807, 2.05) is 6.08 Å². The molecule has 8 rings (SSSR count). The minimum Gasteiger partial charge on any atom is -0.437 e. The molecule has 2 aromatic carbocycles. The molecule has 3 aliphatic rings. The zero-order valence-corrected chi connectivity index (χ0v) is 31.9. The molecule has 3 unspecified atom stereocenters. The highest BCUT2D eigenvalue weighted by Crippen LogP contribution is 2.46. The summed E-state index contributed by atoms with van der Waals surface area (Å²) in [5, 5.41) is 3.70. The maximum Gasteiger partial charge on any atom is 0.227 e. The van der Waals surface area contributed by atoms with E-state index in [-0.39, 0.29) is 12.0 Å². The van der Waals surface area contributed by atoms with Crippen molar-refractivity contribution in [2.45, 2.75) is 103 Å². The molecular formula is C45H52N3OSi+. The predicted octanol–water partition coefficient (Wildman–Crippen LogP) is 10.7. The first-order chi connectivity index (χ1) is 24.0. The van der Waals surface area contributed by atoms with Crippen LogP contribution in [0.15, 0.2) is 95.1 Å². The van der Waals surface area contributed by atoms with Crippen LogP contribution in [0.5, 0.6) is 0 Å². The Morgan fingerprint density at radius 2 is 1.74 bits per heavy atom. The van der Waals surface area contributed by atoms with Gasteiger partial charge in [-0.3, -0.25) is 0 Å². The summed E-state index contributed by atoms with van der Waals surface area (Å²) >= 11 is 0. The number of hydrogen-bond donors (Lipinski definition) is 0. The number of hydrogen-bond acceptors (Lipinski definition) is 3. The van der Waals surface area contributed by atoms with E-state index in [4.69, 9.17) is 21.0 Å². The second-order valence-electron chi connectivity index (χ2n) is 16.7. The van der Waals surface area contributed by atoms with E-state index in [9.17, 15) is 0 Å². The summed E-state index contributed by atoms with van der Waals surface area (Å²) in [5.74, 6) is 1.88. The van der Waals surface area contributed by atoms with Crippen LogP contribution in [0.3, 0.4) is 0 Å². The van der Waals surface area contributed by atoms with Crippen LogP contribution in [-0.4, -0.2) is 18.8 Å². The Kier molecular flexibility index (Phi) is 8.33. The first-order valence-corrected chi connectivity index (χ1v) is 22.5. The minimum absolute atomic E-state index is 0.00713. The number of aromatic nitrogens is 2. The summed E-state index contributed by atoms with van der Waals surface area (Å²) in [5.41, 5.74) is 12.2. The quantitative estimate of drug-likeness (QED) is 0.132. The number of fused-ring (bicyclic) bond motifs is 11. The van der Waals surface area contributed by atoms with E-state index in [1.54, 1.807) is 10.8 Å². The fourth-order valence-corrected chi connectivity index (χ4v) is 10.8. The molecule has 1 saturated carbocycles. The van der Waals surface area contributed by atoms with Crippen molar-refractivity contribution in [3.63, 3.8) is 0 Å². The van der Waals surface area contributed by atoms with Gasteiger partial charge in [0.1, 0.15) is 11.3 Å². The van der Waals surface area contributed by atoms with Crippen LogP contribution in [0.4, 0.5) is 0 Å². The van der Waals surface area contributed by atoms with Crippen LogP contribution < -0.4 is 9.75 Å². The predicted molar refractivity (Wildman–Crippen MR) is 211 cm³/mol. The highest BCUT2D eigenvalue weighted by atomic mass is 28.3. The molecule has 1 fully saturated rings. The zero-order valence-electron chi connectivity index (χ0n) is 30.9. The lowest BCUT2D eigenvalue weighted by atomic mass is 9.78. The van der Waals surface area contributed by atoms with E-state index >= 15 is 0 Å². The lowest BCUT2D eigenvalue weighted by molar-refractivity contribution is -0.708. The monoisotopic (exact) mass is 678 g/mol. The van der Waals surface area contributed by atoms with Gasteiger partial charge in [0.05, 0.1) is 19.7 Å². The van der Waals surface area contributed by atoms with Gasteiger partial charge in [-0.1, -0.05) is 110 Å². The molecule has 0 bridgehead atoms. The van der Waals surface area contributed by atoms with Gasteiger partial charge in [0.15, 0.2) is 6.20 Å². The highest BCUT2D eigenvalue weighted by Gasteiger charge is 2.44. The average Bonchev–Trinajstić information content (AvgIpc) is 3.76. The Morgan fingerprint density at radius 3 is 2.48 bits per heavy atom. The molecule has 5 aromatic rings. The van der Waals surface area contributed by atoms with E-state index in [0.717, 1.165) is 57.8 Å². The molecule has 0 radical (unpaired) electrons. The van der Waals surface area contributed by atoms with Crippen LogP contribution in [0.25, 0.3) is 33.3 Å². The van der Waals surface area contributed by atoms with E-state index in [1.165, 1.54) is 54.5 Å². The smallest absolute Gasteiger partial charge is 0.227 e. The molecule has 256 valence electrons. The van der Waals surface area contributed by atoms with Crippen molar-refractivity contribution in [3.8, 4) is 11.3 Å². The van der Waals surface area contributed by atoms with Crippen molar-refractivity contribution in [2.75, 3.05) is 0 Å². The molecule has 1 aliphatic carbocycles. The fraction of sp³-hybridized carbons (Fsp3) is 0.400. The first-order valence-electron chi connectivity index (χ1n) is 19.0. The van der Waals surface area contributed by atoms with Crippen LogP contribution in [0.1, 0.15) is 98.7 Å². The maximum atomic E-state index is 6.71. The molecule has 2 aliphatic heterocycles. The Labute approximate surface area is 299 Å². The zero-order chi connectivity index (χ0) is 34.9. The molecular weight excluding hydrogens is 627 g/mol. The third-order valence-corrected chi connectivity index (χ3v) is 14.2. The number of benzene rings is 2. The van der Waals surface area contributed by atoms with Gasteiger partial charge in [0, 0.05) is 44.8 Å². The van der Waals surface area contributed by atoms with E-state index < -0.39 is 8.07 Å². The summed E-state index contributed by atoms with van der Waals surface area (Å²) in [4.78, 5) is 10.4. The summed E-state index contributed by atoms with van der Waals surface area (Å²) in [6.45, 7) is 23.3. The number of nitrogens with zero attached hydrogens (tertiary/aromatic N) is 3. The molecule has 4 nitrogen and oxygen atoms in total. The Morgan fingerprint density at radius 1 is 0.980 bits per heavy atom. The lowest BCUT2D eigenvalue weighted by Crippen LogP contribution is -2.54. The standard InChI is InChI=1S/C45H52N3OSi/c1-9-38-42-31(19-21-36-37-22-23-39(28(4)27(2)3)47-45(37)49-44(36)42)18-20-35-33-16-12-13-17-34(33)40-25-32(24-30-14-10-11-15-30)41(50(6,7)8)26-48(40)43(35)29(5)46-38/h9,12-13,16-17,19,21-23,25-28,30,35,43H,1,5,10-11,14-15,18,20,24H2,2-4,6-8H3/q+1/b46-38-. The topological polar surface area (TPSA) is 42.3 Å². The van der Waals surface area contributed by atoms with Crippen LogP contribution in [0, 0.1) is 11.8 Å². The summed E-state index contributed by atoms with van der Waals surface area (Å²) in [7, 11) is -1.67. The first kappa shape index (κ1) is 33.1. The average molecular weight is 679 g/mol. The van der Waals surface area contributed by atoms with Gasteiger partial charge in [0.2, 0.25) is 17.4 Å². The van der Waals surface area contributed by atoms with E-state index in [2.05, 4.69) is 112 Å². The van der Waals surface area contributed by atoms with Crippen LogP contribution in [-0.2, 0) is 12.8 Å². The number of allylic oxidation sites excluding steroid dienone is 2. The molecule has 50 heavy (non-hydrogen) atoms. The van der Waals surface area contributed by atoms with Crippen molar-refractivity contribution in [2.24, 2.45) is 16.8 Å². The van der Waals surface area contributed by atoms with Gasteiger partial charge in [-0.25, -0.2) is 9.98 Å². The Balaban J connectivity index is 1.30. The number of pyridine rings is 2. The number of rotatable bonds is 6. The fourth-order valence-electron chi connectivity index (χ4n) is 9.14. The molecule has 3 atom stereocenters. The normalized spacial score (nSPS) is 21.1. The highest BCUT2D eigenvalue weighted by molar-refractivity contribution is 6.89. The van der Waals surface area contributed by atoms with Crippen molar-refractivity contribution in [3.05, 3.63) is 114 Å². The largest absolute Gasteiger partial charge is 0.437 e. The third kappa shape index (κ3) is 5.53. The van der Waals surface area contributed by atoms with E-state index in [0.29, 0.717) is 17.5 Å². The number of aliphatic imine (C=N–C) groups is 1. The molecule has 3 aromatic heterocycles. The van der Waals surface area contributed by atoms with Gasteiger partial charge in [-0.05, 0) is 72.1 Å². The Hall–Kier alpha value is -4.09. The van der Waals surface area contributed by atoms with Gasteiger partial charge in [-0.15, -0.1) is 0 Å².